The molecule has 0 amide bonds. The highest BCUT2D eigenvalue weighted by Gasteiger charge is 2.32. The standard InChI is InChI=1S/C20H34O3/c1-15-8-6-9-16(2)14-17(3)19(22)20(4,5)12-11-18(21)23-13-7-10-15/h10,16-17H,6-9,11-14H2,1-5H3. The van der Waals surface area contributed by atoms with Gasteiger partial charge in [0.25, 0.3) is 0 Å². The van der Waals surface area contributed by atoms with Crippen LogP contribution in [0.25, 0.3) is 0 Å². The molecule has 0 saturated heterocycles. The topological polar surface area (TPSA) is 43.4 Å². The second-order valence-corrected chi connectivity index (χ2v) is 7.94. The van der Waals surface area contributed by atoms with E-state index in [1.54, 1.807) is 0 Å². The molecule has 2 atom stereocenters. The fraction of sp³-hybridized carbons (Fsp3) is 0.800. The van der Waals surface area contributed by atoms with Crippen LogP contribution in [0.5, 0.6) is 0 Å². The number of rotatable bonds is 0. The third-order valence-corrected chi connectivity index (χ3v) is 4.97. The molecule has 0 aromatic carbocycles. The van der Waals surface area contributed by atoms with Crippen molar-refractivity contribution in [3.63, 3.8) is 0 Å². The number of Topliss-reactive ketones (excluding diaryl/α,β-unsaturated/α-hetero) is 1. The van der Waals surface area contributed by atoms with Gasteiger partial charge in [-0.1, -0.05) is 45.8 Å². The minimum atomic E-state index is -0.453. The van der Waals surface area contributed by atoms with E-state index in [1.165, 1.54) is 5.57 Å². The van der Waals surface area contributed by atoms with E-state index in [0.29, 0.717) is 25.4 Å². The van der Waals surface area contributed by atoms with E-state index in [2.05, 4.69) is 19.9 Å². The first-order valence-electron chi connectivity index (χ1n) is 9.08. The average molecular weight is 322 g/mol. The summed E-state index contributed by atoms with van der Waals surface area (Å²) in [4.78, 5) is 24.5. The van der Waals surface area contributed by atoms with E-state index in [-0.39, 0.29) is 17.7 Å². The number of esters is 1. The predicted molar refractivity (Wildman–Crippen MR) is 94.2 cm³/mol. The maximum absolute atomic E-state index is 12.7. The molecule has 0 aromatic rings. The van der Waals surface area contributed by atoms with Crippen LogP contribution in [-0.2, 0) is 14.3 Å². The zero-order valence-electron chi connectivity index (χ0n) is 15.6. The molecule has 3 nitrogen and oxygen atoms in total. The number of cyclic esters (lactones) is 1. The number of hydrogen-bond donors (Lipinski definition) is 0. The van der Waals surface area contributed by atoms with Crippen molar-refractivity contribution in [3.8, 4) is 0 Å². The molecule has 0 fully saturated rings. The van der Waals surface area contributed by atoms with Gasteiger partial charge in [0.15, 0.2) is 0 Å². The van der Waals surface area contributed by atoms with Crippen LogP contribution in [0.4, 0.5) is 0 Å². The fourth-order valence-corrected chi connectivity index (χ4v) is 3.41. The Morgan fingerprint density at radius 3 is 2.57 bits per heavy atom. The van der Waals surface area contributed by atoms with Gasteiger partial charge < -0.3 is 4.74 Å². The first-order chi connectivity index (χ1) is 10.7. The van der Waals surface area contributed by atoms with Gasteiger partial charge in [-0.3, -0.25) is 9.59 Å². The lowest BCUT2D eigenvalue weighted by atomic mass is 9.75. The van der Waals surface area contributed by atoms with E-state index in [0.717, 1.165) is 32.1 Å². The summed E-state index contributed by atoms with van der Waals surface area (Å²) in [6.07, 6.45) is 8.21. The molecule has 0 bridgehead atoms. The van der Waals surface area contributed by atoms with Gasteiger partial charge in [-0.25, -0.2) is 0 Å². The first kappa shape index (κ1) is 19.9. The van der Waals surface area contributed by atoms with Crippen LogP contribution >= 0.6 is 0 Å². The summed E-state index contributed by atoms with van der Waals surface area (Å²) in [5, 5.41) is 0. The van der Waals surface area contributed by atoms with Gasteiger partial charge in [0.1, 0.15) is 5.78 Å². The Hall–Kier alpha value is -1.12. The summed E-state index contributed by atoms with van der Waals surface area (Å²) < 4.78 is 5.27. The summed E-state index contributed by atoms with van der Waals surface area (Å²) in [5.74, 6) is 0.710. The van der Waals surface area contributed by atoms with E-state index in [4.69, 9.17) is 4.74 Å². The monoisotopic (exact) mass is 322 g/mol. The molecule has 0 N–H and O–H groups in total. The quantitative estimate of drug-likeness (QED) is 0.461. The molecule has 0 spiro atoms. The van der Waals surface area contributed by atoms with Gasteiger partial charge in [-0.2, -0.15) is 0 Å². The Morgan fingerprint density at radius 1 is 1.17 bits per heavy atom. The van der Waals surface area contributed by atoms with E-state index < -0.39 is 5.41 Å². The molecule has 0 saturated carbocycles. The second-order valence-electron chi connectivity index (χ2n) is 7.94. The van der Waals surface area contributed by atoms with Gasteiger partial charge in [-0.05, 0) is 44.9 Å². The minimum absolute atomic E-state index is 0.0561. The van der Waals surface area contributed by atoms with Crippen molar-refractivity contribution in [1.29, 1.82) is 0 Å². The summed E-state index contributed by atoms with van der Waals surface area (Å²) >= 11 is 0. The lowest BCUT2D eigenvalue weighted by molar-refractivity contribution is -0.144. The Balaban J connectivity index is 2.75. The van der Waals surface area contributed by atoms with E-state index in [1.807, 2.05) is 20.8 Å². The molecule has 0 aliphatic carbocycles. The van der Waals surface area contributed by atoms with Crippen molar-refractivity contribution in [2.24, 2.45) is 17.3 Å². The molecule has 0 radical (unpaired) electrons. The molecular weight excluding hydrogens is 288 g/mol. The highest BCUT2D eigenvalue weighted by atomic mass is 16.5. The smallest absolute Gasteiger partial charge is 0.305 e. The Morgan fingerprint density at radius 2 is 1.87 bits per heavy atom. The van der Waals surface area contributed by atoms with Crippen molar-refractivity contribution >= 4 is 11.8 Å². The summed E-state index contributed by atoms with van der Waals surface area (Å²) in [6, 6.07) is 0. The molecule has 1 aliphatic heterocycles. The van der Waals surface area contributed by atoms with Crippen LogP contribution in [0.3, 0.4) is 0 Å². The predicted octanol–water partition coefficient (Wildman–Crippen LogP) is 5.09. The lowest BCUT2D eigenvalue weighted by Crippen LogP contribution is -2.31. The van der Waals surface area contributed by atoms with Crippen LogP contribution in [0, 0.1) is 17.3 Å². The lowest BCUT2D eigenvalue weighted by Gasteiger charge is -2.27. The van der Waals surface area contributed by atoms with Crippen molar-refractivity contribution in [2.45, 2.75) is 79.6 Å². The maximum Gasteiger partial charge on any atom is 0.305 e. The summed E-state index contributed by atoms with van der Waals surface area (Å²) in [6.45, 7) is 10.8. The number of ketones is 1. The Kier molecular flexibility index (Phi) is 8.01. The molecule has 1 aliphatic rings. The van der Waals surface area contributed by atoms with Crippen LogP contribution < -0.4 is 0 Å². The van der Waals surface area contributed by atoms with Crippen molar-refractivity contribution in [2.75, 3.05) is 6.61 Å². The third kappa shape index (κ3) is 7.32. The minimum Gasteiger partial charge on any atom is -0.465 e. The van der Waals surface area contributed by atoms with Gasteiger partial charge in [0.05, 0.1) is 6.61 Å². The largest absolute Gasteiger partial charge is 0.465 e. The average Bonchev–Trinajstić information content (AvgIpc) is 2.48. The van der Waals surface area contributed by atoms with Gasteiger partial charge in [-0.15, -0.1) is 0 Å². The van der Waals surface area contributed by atoms with E-state index in [9.17, 15) is 9.59 Å². The summed E-state index contributed by atoms with van der Waals surface area (Å²) in [7, 11) is 0. The third-order valence-electron chi connectivity index (χ3n) is 4.97. The zero-order chi connectivity index (χ0) is 17.5. The van der Waals surface area contributed by atoms with Crippen molar-refractivity contribution in [1.82, 2.24) is 0 Å². The van der Waals surface area contributed by atoms with Gasteiger partial charge >= 0.3 is 5.97 Å². The molecule has 132 valence electrons. The molecule has 23 heavy (non-hydrogen) atoms. The Bertz CT molecular complexity index is 434. The molecule has 2 unspecified atom stereocenters. The van der Waals surface area contributed by atoms with E-state index >= 15 is 0 Å². The molecule has 1 heterocycles. The van der Waals surface area contributed by atoms with Gasteiger partial charge in [0, 0.05) is 17.8 Å². The van der Waals surface area contributed by atoms with Crippen LogP contribution in [0.15, 0.2) is 11.6 Å². The highest BCUT2D eigenvalue weighted by Crippen LogP contribution is 2.31. The first-order valence-corrected chi connectivity index (χ1v) is 9.08. The molecule has 3 heteroatoms. The number of hydrogen-bond acceptors (Lipinski definition) is 3. The number of carbonyl (C=O) groups excluding carboxylic acids is 2. The van der Waals surface area contributed by atoms with Crippen LogP contribution in [-0.4, -0.2) is 18.4 Å². The summed E-state index contributed by atoms with van der Waals surface area (Å²) in [5.41, 5.74) is 0.914. The van der Waals surface area contributed by atoms with Crippen LogP contribution in [0.1, 0.15) is 79.6 Å². The van der Waals surface area contributed by atoms with Crippen LogP contribution in [0.2, 0.25) is 0 Å². The number of ether oxygens (including phenoxy) is 1. The SMILES string of the molecule is CC1=CCCOC(=O)CCC(C)(C)C(=O)C(C)CC(C)CCC1. The van der Waals surface area contributed by atoms with Crippen molar-refractivity contribution in [3.05, 3.63) is 11.6 Å². The fourth-order valence-electron chi connectivity index (χ4n) is 3.41. The normalized spacial score (nSPS) is 28.8. The number of carbonyl (C=O) groups is 2. The zero-order valence-corrected chi connectivity index (χ0v) is 15.6. The Labute approximate surface area is 141 Å². The van der Waals surface area contributed by atoms with Gasteiger partial charge in [0.2, 0.25) is 0 Å². The maximum atomic E-state index is 12.7. The molecular formula is C20H34O3. The number of allylic oxidation sites excluding steroid dienone is 1. The van der Waals surface area contributed by atoms with Crippen molar-refractivity contribution < 1.29 is 14.3 Å². The molecule has 0 aromatic heterocycles. The second kappa shape index (κ2) is 9.24. The molecule has 1 rings (SSSR count). The highest BCUT2D eigenvalue weighted by molar-refractivity contribution is 5.86.